The third-order valence-electron chi connectivity index (χ3n) is 4.81. The van der Waals surface area contributed by atoms with Gasteiger partial charge in [0.05, 0.1) is 11.6 Å². The number of allylic oxidation sites excluding steroid dienone is 1. The number of fused-ring (bicyclic) bond motifs is 1. The minimum Gasteiger partial charge on any atom is -0.478 e. The molecule has 0 radical (unpaired) electrons. The van der Waals surface area contributed by atoms with Crippen molar-refractivity contribution in [3.63, 3.8) is 0 Å². The summed E-state index contributed by atoms with van der Waals surface area (Å²) in [5, 5.41) is 11.7. The lowest BCUT2D eigenvalue weighted by Gasteiger charge is -2.25. The zero-order chi connectivity index (χ0) is 21.1. The highest BCUT2D eigenvalue weighted by Gasteiger charge is 2.31. The van der Waals surface area contributed by atoms with Gasteiger partial charge in [0.1, 0.15) is 4.49 Å². The van der Waals surface area contributed by atoms with E-state index in [9.17, 15) is 23.9 Å². The smallest absolute Gasteiger partial charge is 0.332 e. The molecule has 1 unspecified atom stereocenters. The Morgan fingerprint density at radius 2 is 1.97 bits per heavy atom. The standard InChI is InChI=1S/C19H17Cl2FN2O5/c20-16(21)6-5-10-12-7-14(13(22)8-15(12)29-24-18(10)26)23-17(25)9-3-1-2-4-11(9)19(27)28/h6-8,10H,1-5H2,(H,23,25)(H,24,26)(H,27,28). The number of hydrogen-bond acceptors (Lipinski definition) is 4. The molecule has 7 nitrogen and oxygen atoms in total. The molecule has 0 aromatic heterocycles. The highest BCUT2D eigenvalue weighted by atomic mass is 35.5. The van der Waals surface area contributed by atoms with E-state index in [1.54, 1.807) is 0 Å². The second kappa shape index (κ2) is 8.84. The highest BCUT2D eigenvalue weighted by Crippen LogP contribution is 2.37. The largest absolute Gasteiger partial charge is 0.478 e. The monoisotopic (exact) mass is 442 g/mol. The number of anilines is 1. The summed E-state index contributed by atoms with van der Waals surface area (Å²) in [5.41, 5.74) is 2.51. The molecule has 0 spiro atoms. The van der Waals surface area contributed by atoms with Crippen LogP contribution in [0.25, 0.3) is 0 Å². The van der Waals surface area contributed by atoms with Gasteiger partial charge in [0.25, 0.3) is 11.8 Å². The van der Waals surface area contributed by atoms with Crippen molar-refractivity contribution in [1.82, 2.24) is 5.48 Å². The predicted octanol–water partition coefficient (Wildman–Crippen LogP) is 3.94. The van der Waals surface area contributed by atoms with Crippen LogP contribution in [0, 0.1) is 5.82 Å². The molecule has 0 saturated heterocycles. The second-order valence-electron chi connectivity index (χ2n) is 6.64. The third-order valence-corrected chi connectivity index (χ3v) is 5.12. The number of carbonyl (C=O) groups excluding carboxylic acids is 2. The van der Waals surface area contributed by atoms with Crippen molar-refractivity contribution in [3.8, 4) is 5.75 Å². The maximum absolute atomic E-state index is 14.5. The number of halogens is 3. The summed E-state index contributed by atoms with van der Waals surface area (Å²) in [6.07, 6.45) is 3.50. The van der Waals surface area contributed by atoms with Crippen LogP contribution in [-0.4, -0.2) is 22.9 Å². The van der Waals surface area contributed by atoms with Gasteiger partial charge in [-0.05, 0) is 38.2 Å². The lowest BCUT2D eigenvalue weighted by atomic mass is 9.90. The van der Waals surface area contributed by atoms with Crippen molar-refractivity contribution >= 4 is 46.7 Å². The number of amides is 2. The van der Waals surface area contributed by atoms with Crippen LogP contribution >= 0.6 is 23.2 Å². The van der Waals surface area contributed by atoms with E-state index in [1.165, 1.54) is 12.1 Å². The molecule has 1 heterocycles. The Bertz CT molecular complexity index is 941. The van der Waals surface area contributed by atoms with Gasteiger partial charge in [-0.1, -0.05) is 29.3 Å². The Balaban J connectivity index is 1.93. The van der Waals surface area contributed by atoms with Gasteiger partial charge in [0.2, 0.25) is 0 Å². The van der Waals surface area contributed by atoms with Crippen LogP contribution in [0.2, 0.25) is 0 Å². The lowest BCUT2D eigenvalue weighted by molar-refractivity contribution is -0.133. The quantitative estimate of drug-likeness (QED) is 0.640. The van der Waals surface area contributed by atoms with Crippen LogP contribution in [0.3, 0.4) is 0 Å². The van der Waals surface area contributed by atoms with E-state index in [4.69, 9.17) is 28.0 Å². The predicted molar refractivity (Wildman–Crippen MR) is 104 cm³/mol. The minimum absolute atomic E-state index is 0.0214. The van der Waals surface area contributed by atoms with Gasteiger partial charge in [0.15, 0.2) is 11.6 Å². The molecule has 10 heteroatoms. The Morgan fingerprint density at radius 3 is 2.62 bits per heavy atom. The van der Waals surface area contributed by atoms with Gasteiger partial charge < -0.3 is 15.3 Å². The molecular weight excluding hydrogens is 426 g/mol. The number of rotatable bonds is 5. The molecule has 1 atom stereocenters. The first-order chi connectivity index (χ1) is 13.8. The molecule has 3 rings (SSSR count). The summed E-state index contributed by atoms with van der Waals surface area (Å²) < 4.78 is 14.5. The lowest BCUT2D eigenvalue weighted by Crippen LogP contribution is -2.37. The summed E-state index contributed by atoms with van der Waals surface area (Å²) in [7, 11) is 0. The molecule has 1 aromatic carbocycles. The number of nitrogens with one attached hydrogen (secondary N) is 2. The Kier molecular flexibility index (Phi) is 6.44. The molecule has 3 N–H and O–H groups in total. The van der Waals surface area contributed by atoms with Gasteiger partial charge in [-0.2, -0.15) is 5.48 Å². The Labute approximate surface area is 175 Å². The molecular formula is C19H17Cl2FN2O5. The molecule has 0 saturated carbocycles. The molecule has 2 amide bonds. The highest BCUT2D eigenvalue weighted by molar-refractivity contribution is 6.55. The molecule has 1 aromatic rings. The van der Waals surface area contributed by atoms with E-state index in [1.807, 2.05) is 0 Å². The van der Waals surface area contributed by atoms with E-state index >= 15 is 0 Å². The zero-order valence-corrected chi connectivity index (χ0v) is 16.6. The Morgan fingerprint density at radius 1 is 1.28 bits per heavy atom. The summed E-state index contributed by atoms with van der Waals surface area (Å²) in [6, 6.07) is 2.34. The van der Waals surface area contributed by atoms with Crippen LogP contribution in [0.15, 0.2) is 33.8 Å². The fourth-order valence-corrected chi connectivity index (χ4v) is 3.55. The van der Waals surface area contributed by atoms with E-state index in [2.05, 4.69) is 10.8 Å². The number of carbonyl (C=O) groups is 3. The van der Waals surface area contributed by atoms with Crippen molar-refractivity contribution in [2.24, 2.45) is 0 Å². The minimum atomic E-state index is -1.16. The first kappa shape index (κ1) is 21.1. The maximum Gasteiger partial charge on any atom is 0.332 e. The summed E-state index contributed by atoms with van der Waals surface area (Å²) in [5.74, 6) is -3.77. The second-order valence-corrected chi connectivity index (χ2v) is 7.65. The SMILES string of the molecule is O=C(O)C1=C(C(=O)Nc2cc3c(cc2F)ONC(=O)C3CC=C(Cl)Cl)CCCC1. The average molecular weight is 443 g/mol. The zero-order valence-electron chi connectivity index (χ0n) is 15.1. The first-order valence-corrected chi connectivity index (χ1v) is 9.61. The van der Waals surface area contributed by atoms with Crippen LogP contribution < -0.4 is 15.6 Å². The van der Waals surface area contributed by atoms with Crippen molar-refractivity contribution < 1.29 is 28.7 Å². The molecule has 0 fully saturated rings. The summed E-state index contributed by atoms with van der Waals surface area (Å²) in [6.45, 7) is 0. The van der Waals surface area contributed by atoms with Gasteiger partial charge in [-0.15, -0.1) is 0 Å². The van der Waals surface area contributed by atoms with E-state index in [-0.39, 0.29) is 39.9 Å². The average Bonchev–Trinajstić information content (AvgIpc) is 2.68. The number of hydroxylamine groups is 1. The molecule has 29 heavy (non-hydrogen) atoms. The molecule has 154 valence electrons. The Hall–Kier alpha value is -2.58. The number of carboxylic acids is 1. The summed E-state index contributed by atoms with van der Waals surface area (Å²) in [4.78, 5) is 41.2. The van der Waals surface area contributed by atoms with Gasteiger partial charge in [0, 0.05) is 22.8 Å². The van der Waals surface area contributed by atoms with Gasteiger partial charge in [-0.3, -0.25) is 9.59 Å². The van der Waals surface area contributed by atoms with E-state index in [0.717, 1.165) is 6.07 Å². The van der Waals surface area contributed by atoms with Gasteiger partial charge >= 0.3 is 5.97 Å². The fourth-order valence-electron chi connectivity index (χ4n) is 3.38. The van der Waals surface area contributed by atoms with E-state index in [0.29, 0.717) is 24.8 Å². The first-order valence-electron chi connectivity index (χ1n) is 8.86. The number of benzene rings is 1. The molecule has 0 bridgehead atoms. The number of aliphatic carboxylic acids is 1. The van der Waals surface area contributed by atoms with Crippen LogP contribution in [0.5, 0.6) is 5.75 Å². The fraction of sp³-hybridized carbons (Fsp3) is 0.316. The molecule has 2 aliphatic rings. The maximum atomic E-state index is 14.5. The van der Waals surface area contributed by atoms with Crippen molar-refractivity contribution in [2.75, 3.05) is 5.32 Å². The number of carboxylic acid groups (broad SMARTS) is 1. The summed E-state index contributed by atoms with van der Waals surface area (Å²) >= 11 is 11.2. The van der Waals surface area contributed by atoms with Crippen LogP contribution in [-0.2, 0) is 14.4 Å². The topological polar surface area (TPSA) is 105 Å². The molecule has 1 aliphatic heterocycles. The van der Waals surface area contributed by atoms with Crippen LogP contribution in [0.4, 0.5) is 10.1 Å². The third kappa shape index (κ3) is 4.71. The number of hydrogen-bond donors (Lipinski definition) is 3. The van der Waals surface area contributed by atoms with Crippen LogP contribution in [0.1, 0.15) is 43.6 Å². The van der Waals surface area contributed by atoms with Gasteiger partial charge in [-0.25, -0.2) is 9.18 Å². The van der Waals surface area contributed by atoms with E-state index < -0.39 is 29.5 Å². The molecule has 1 aliphatic carbocycles. The van der Waals surface area contributed by atoms with Crippen molar-refractivity contribution in [2.45, 2.75) is 38.0 Å². The normalized spacial score (nSPS) is 18.3. The van der Waals surface area contributed by atoms with Crippen molar-refractivity contribution in [1.29, 1.82) is 0 Å². The van der Waals surface area contributed by atoms with Crippen molar-refractivity contribution in [3.05, 3.63) is 45.2 Å².